The third kappa shape index (κ3) is 9.50. The molecule has 5 aliphatic carbocycles. The van der Waals surface area contributed by atoms with Gasteiger partial charge in [0.25, 0.3) is 0 Å². The highest BCUT2D eigenvalue weighted by Crippen LogP contribution is 2.76. The number of hydrogen-bond acceptors (Lipinski definition) is 21. The number of aliphatic hydroxyl groups excluding tert-OH is 12. The minimum absolute atomic E-state index is 0.00729. The van der Waals surface area contributed by atoms with E-state index in [2.05, 4.69) is 40.7 Å². The quantitative estimate of drug-likeness (QED) is 0.0838. The Hall–Kier alpha value is -1.59. The molecule has 28 atom stereocenters. The van der Waals surface area contributed by atoms with E-state index in [1.807, 2.05) is 6.92 Å². The number of hydrogen-bond donors (Lipinski definition) is 13. The van der Waals surface area contributed by atoms with E-state index in [4.69, 9.17) is 37.9 Å². The molecule has 0 radical (unpaired) electrons. The maximum Gasteiger partial charge on any atom is 0.310 e. The fourth-order valence-corrected chi connectivity index (χ4v) is 16.2. The van der Waals surface area contributed by atoms with Crippen LogP contribution in [0.5, 0.6) is 0 Å². The number of ether oxygens (including phenoxy) is 8. The summed E-state index contributed by atoms with van der Waals surface area (Å²) in [6.45, 7) is 13.2. The van der Waals surface area contributed by atoms with Crippen LogP contribution in [0.2, 0.25) is 0 Å². The Kier molecular flexibility index (Phi) is 16.3. The fraction of sp³-hybridized carbons (Fsp3) is 0.943. The van der Waals surface area contributed by atoms with Crippen molar-refractivity contribution in [2.24, 2.45) is 50.2 Å². The van der Waals surface area contributed by atoms with Gasteiger partial charge in [-0.2, -0.15) is 0 Å². The first-order chi connectivity index (χ1) is 35.1. The zero-order chi connectivity index (χ0) is 54.7. The van der Waals surface area contributed by atoms with Crippen molar-refractivity contribution in [1.82, 2.24) is 0 Å². The van der Waals surface area contributed by atoms with Crippen LogP contribution < -0.4 is 0 Å². The summed E-state index contributed by atoms with van der Waals surface area (Å²) in [5, 5.41) is 141. The number of aliphatic hydroxyl groups is 12. The van der Waals surface area contributed by atoms with Gasteiger partial charge in [-0.3, -0.25) is 4.79 Å². The van der Waals surface area contributed by atoms with Crippen molar-refractivity contribution in [3.63, 3.8) is 0 Å². The van der Waals surface area contributed by atoms with Gasteiger partial charge in [-0.15, -0.1) is 0 Å². The second kappa shape index (κ2) is 21.1. The molecule has 9 rings (SSSR count). The van der Waals surface area contributed by atoms with E-state index in [9.17, 15) is 71.2 Å². The number of carbonyl (C=O) groups is 1. The largest absolute Gasteiger partial charge is 0.481 e. The van der Waals surface area contributed by atoms with Crippen molar-refractivity contribution >= 4 is 5.97 Å². The Morgan fingerprint density at radius 3 is 1.95 bits per heavy atom. The third-order valence-corrected chi connectivity index (χ3v) is 21.2. The van der Waals surface area contributed by atoms with Gasteiger partial charge in [0.1, 0.15) is 85.5 Å². The van der Waals surface area contributed by atoms with Gasteiger partial charge < -0.3 is 104 Å². The van der Waals surface area contributed by atoms with Crippen LogP contribution in [0.4, 0.5) is 0 Å². The zero-order valence-electron chi connectivity index (χ0n) is 44.2. The van der Waals surface area contributed by atoms with Gasteiger partial charge in [0.05, 0.1) is 44.1 Å². The van der Waals surface area contributed by atoms with E-state index in [0.29, 0.717) is 19.3 Å². The van der Waals surface area contributed by atoms with Crippen molar-refractivity contribution in [2.45, 2.75) is 235 Å². The Morgan fingerprint density at radius 2 is 1.28 bits per heavy atom. The highest BCUT2D eigenvalue weighted by Gasteiger charge is 2.70. The van der Waals surface area contributed by atoms with E-state index in [1.54, 1.807) is 0 Å². The first-order valence-electron chi connectivity index (χ1n) is 27.3. The maximum atomic E-state index is 13.2. The minimum Gasteiger partial charge on any atom is -0.481 e. The molecule has 430 valence electrons. The maximum absolute atomic E-state index is 13.2. The lowest BCUT2D eigenvalue weighted by Crippen LogP contribution is -2.67. The lowest BCUT2D eigenvalue weighted by Gasteiger charge is -2.71. The van der Waals surface area contributed by atoms with Crippen LogP contribution in [0.15, 0.2) is 11.6 Å². The molecular weight excluding hydrogens is 989 g/mol. The van der Waals surface area contributed by atoms with Crippen molar-refractivity contribution in [2.75, 3.05) is 26.4 Å². The highest BCUT2D eigenvalue weighted by atomic mass is 16.8. The van der Waals surface area contributed by atoms with Crippen LogP contribution in [0, 0.1) is 50.2 Å². The molecule has 0 aromatic rings. The van der Waals surface area contributed by atoms with Gasteiger partial charge in [-0.05, 0) is 111 Å². The van der Waals surface area contributed by atoms with Crippen molar-refractivity contribution in [3.8, 4) is 0 Å². The number of rotatable bonds is 12. The Labute approximate surface area is 437 Å². The van der Waals surface area contributed by atoms with Crippen molar-refractivity contribution in [3.05, 3.63) is 11.6 Å². The van der Waals surface area contributed by atoms with Crippen LogP contribution in [0.1, 0.15) is 113 Å². The summed E-state index contributed by atoms with van der Waals surface area (Å²) in [7, 11) is 0. The monoisotopic (exact) mass is 1070 g/mol. The van der Waals surface area contributed by atoms with Crippen molar-refractivity contribution < 1.29 is 109 Å². The second-order valence-electron chi connectivity index (χ2n) is 25.7. The van der Waals surface area contributed by atoms with Gasteiger partial charge in [0, 0.05) is 5.41 Å². The molecule has 8 fully saturated rings. The Balaban J connectivity index is 0.858. The fourth-order valence-electron chi connectivity index (χ4n) is 16.2. The number of fused-ring (bicyclic) bond motifs is 7. The zero-order valence-corrected chi connectivity index (χ0v) is 44.2. The first kappa shape index (κ1) is 58.1. The third-order valence-electron chi connectivity index (χ3n) is 21.2. The van der Waals surface area contributed by atoms with Crippen LogP contribution in [-0.4, -0.2) is 222 Å². The summed E-state index contributed by atoms with van der Waals surface area (Å²) in [4.78, 5) is 13.2. The van der Waals surface area contributed by atoms with Gasteiger partial charge in [0.15, 0.2) is 25.2 Å². The number of allylic oxidation sites excluding steroid dienone is 2. The van der Waals surface area contributed by atoms with Crippen molar-refractivity contribution in [1.29, 1.82) is 0 Å². The average Bonchev–Trinajstić information content (AvgIpc) is 3.45. The molecule has 0 bridgehead atoms. The molecule has 28 unspecified atom stereocenters. The molecule has 9 aliphatic rings. The smallest absolute Gasteiger partial charge is 0.310 e. The summed E-state index contributed by atoms with van der Waals surface area (Å²) < 4.78 is 47.3. The predicted octanol–water partition coefficient (Wildman–Crippen LogP) is -0.830. The number of carboxylic acid groups (broad SMARTS) is 1. The molecular formula is C53H86O22. The standard InChI is InChI=1S/C53H86O22/c1-23-32(56)38(62)42(75-45-41(65)37(61)34(58)27(72-45)20-68-43-40(64)36(60)33(57)26(19-54)71-43)46(70-23)73-28-21-69-44(39(63)35(28)59)74-31-11-12-49(4)29(50(31,5)22-55)10-13-52(7)30(49)9-8-24-25-18-48(2,3)14-16-53(25,47(66)67)17-15-51(24,52)6/h8,23,25-46,54-65H,9-22H2,1-7H3,(H,66,67). The summed E-state index contributed by atoms with van der Waals surface area (Å²) >= 11 is 0. The summed E-state index contributed by atoms with van der Waals surface area (Å²) in [6, 6.07) is 0. The number of carboxylic acids is 1. The van der Waals surface area contributed by atoms with Gasteiger partial charge in [0.2, 0.25) is 0 Å². The molecule has 4 aliphatic heterocycles. The molecule has 4 saturated heterocycles. The lowest BCUT2D eigenvalue weighted by atomic mass is 9.33. The van der Waals surface area contributed by atoms with Crippen LogP contribution in [-0.2, 0) is 42.7 Å². The van der Waals surface area contributed by atoms with E-state index in [1.165, 1.54) is 12.5 Å². The van der Waals surface area contributed by atoms with E-state index < -0.39 is 153 Å². The van der Waals surface area contributed by atoms with E-state index >= 15 is 0 Å². The molecule has 0 aromatic heterocycles. The van der Waals surface area contributed by atoms with Gasteiger partial charge in [-0.25, -0.2) is 0 Å². The molecule has 22 nitrogen and oxygen atoms in total. The lowest BCUT2D eigenvalue weighted by molar-refractivity contribution is -0.384. The van der Waals surface area contributed by atoms with Gasteiger partial charge >= 0.3 is 5.97 Å². The highest BCUT2D eigenvalue weighted by molar-refractivity contribution is 5.76. The summed E-state index contributed by atoms with van der Waals surface area (Å²) in [5.41, 5.74) is -0.679. The summed E-state index contributed by atoms with van der Waals surface area (Å²) in [6.07, 6.45) is -21.7. The predicted molar refractivity (Wildman–Crippen MR) is 257 cm³/mol. The second-order valence-corrected chi connectivity index (χ2v) is 25.7. The molecule has 0 aromatic carbocycles. The molecule has 22 heteroatoms. The van der Waals surface area contributed by atoms with E-state index in [-0.39, 0.29) is 52.6 Å². The molecule has 75 heavy (non-hydrogen) atoms. The topological polar surface area (TPSA) is 354 Å². The SMILES string of the molecule is CC1OC(OC2COC(OC3CCC4(C)C(CCC5(C)C4CC=C4C6CC(C)(C)CCC6(C(=O)O)CCC45C)C3(C)CO)C(O)C2O)C(OC2OC(COC3OC(CO)C(O)C(O)C3O)C(O)C(O)C2O)C(O)C1O. The number of aliphatic carboxylic acids is 1. The Morgan fingerprint density at radius 1 is 0.640 bits per heavy atom. The first-order valence-corrected chi connectivity index (χ1v) is 27.3. The minimum atomic E-state index is -1.98. The average molecular weight is 1080 g/mol. The normalized spacial score (nSPS) is 54.9. The molecule has 4 saturated carbocycles. The van der Waals surface area contributed by atoms with E-state index in [0.717, 1.165) is 44.9 Å². The van der Waals surface area contributed by atoms with Crippen LogP contribution in [0.25, 0.3) is 0 Å². The molecule has 13 N–H and O–H groups in total. The summed E-state index contributed by atoms with van der Waals surface area (Å²) in [5.74, 6) is -0.430. The van der Waals surface area contributed by atoms with Crippen LogP contribution in [0.3, 0.4) is 0 Å². The van der Waals surface area contributed by atoms with Gasteiger partial charge in [-0.1, -0.05) is 53.2 Å². The molecule has 0 amide bonds. The molecule has 4 heterocycles. The Bertz CT molecular complexity index is 2060. The molecule has 0 spiro atoms. The van der Waals surface area contributed by atoms with Crippen LogP contribution >= 0.6 is 0 Å².